The van der Waals surface area contributed by atoms with Gasteiger partial charge in [-0.15, -0.1) is 0 Å². The van der Waals surface area contributed by atoms with Gasteiger partial charge in [-0.1, -0.05) is 6.07 Å². The van der Waals surface area contributed by atoms with E-state index in [0.29, 0.717) is 0 Å². The molecule has 2 N–H and O–H groups in total. The molecule has 0 unspecified atom stereocenters. The topological polar surface area (TPSA) is 32.5 Å². The highest BCUT2D eigenvalue weighted by Crippen LogP contribution is 2.20. The van der Waals surface area contributed by atoms with Crippen LogP contribution in [-0.2, 0) is 6.54 Å². The van der Waals surface area contributed by atoms with Gasteiger partial charge < -0.3 is 10.6 Å². The van der Waals surface area contributed by atoms with Gasteiger partial charge in [-0.05, 0) is 43.7 Å². The normalized spacial score (nSPS) is 18.5. The van der Waals surface area contributed by atoms with E-state index in [-0.39, 0.29) is 0 Å². The highest BCUT2D eigenvalue weighted by Gasteiger charge is 2.15. The van der Waals surface area contributed by atoms with Gasteiger partial charge in [0.25, 0.3) is 0 Å². The third-order valence-electron chi connectivity index (χ3n) is 3.69. The zero-order valence-electron chi connectivity index (χ0n) is 11.2. The summed E-state index contributed by atoms with van der Waals surface area (Å²) in [5.41, 5.74) is 10.8. The lowest BCUT2D eigenvalue weighted by atomic mass is 10.0. The summed E-state index contributed by atoms with van der Waals surface area (Å²) in [5.74, 6) is 0. The van der Waals surface area contributed by atoms with E-state index < -0.39 is 0 Å². The predicted molar refractivity (Wildman–Crippen MR) is 73.1 cm³/mol. The largest absolute Gasteiger partial charge is 0.398 e. The fourth-order valence-electron chi connectivity index (χ4n) is 2.37. The van der Waals surface area contributed by atoms with Crippen LogP contribution in [0.1, 0.15) is 16.7 Å². The van der Waals surface area contributed by atoms with E-state index in [0.717, 1.165) is 25.3 Å². The van der Waals surface area contributed by atoms with Gasteiger partial charge in [-0.3, -0.25) is 4.90 Å². The van der Waals surface area contributed by atoms with Crippen LogP contribution in [-0.4, -0.2) is 43.0 Å². The van der Waals surface area contributed by atoms with Gasteiger partial charge in [0, 0.05) is 38.4 Å². The van der Waals surface area contributed by atoms with Gasteiger partial charge in [0.1, 0.15) is 0 Å². The number of nitrogens with two attached hydrogens (primary N) is 1. The van der Waals surface area contributed by atoms with Crippen molar-refractivity contribution in [2.75, 3.05) is 39.0 Å². The first kappa shape index (κ1) is 12.4. The van der Waals surface area contributed by atoms with E-state index in [9.17, 15) is 0 Å². The van der Waals surface area contributed by atoms with Crippen LogP contribution in [0.5, 0.6) is 0 Å². The SMILES string of the molecule is Cc1cc(N)c(C)c(CN2CCN(C)CC2)c1. The standard InChI is InChI=1S/C14H23N3/c1-11-8-13(12(2)14(15)9-11)10-17-6-4-16(3)5-7-17/h8-9H,4-7,10,15H2,1-3H3. The Morgan fingerprint density at radius 1 is 1.12 bits per heavy atom. The molecule has 1 aliphatic heterocycles. The number of hydrogen-bond acceptors (Lipinski definition) is 3. The maximum Gasteiger partial charge on any atom is 0.0349 e. The van der Waals surface area contributed by atoms with Crippen molar-refractivity contribution in [2.45, 2.75) is 20.4 Å². The van der Waals surface area contributed by atoms with Gasteiger partial charge in [0.05, 0.1) is 0 Å². The van der Waals surface area contributed by atoms with Gasteiger partial charge in [0.2, 0.25) is 0 Å². The van der Waals surface area contributed by atoms with Crippen LogP contribution in [0.2, 0.25) is 0 Å². The van der Waals surface area contributed by atoms with Crippen molar-refractivity contribution >= 4 is 5.69 Å². The van der Waals surface area contributed by atoms with Crippen molar-refractivity contribution in [1.82, 2.24) is 9.80 Å². The van der Waals surface area contributed by atoms with E-state index in [2.05, 4.69) is 42.8 Å². The second kappa shape index (κ2) is 5.07. The van der Waals surface area contributed by atoms with Gasteiger partial charge in [-0.25, -0.2) is 0 Å². The summed E-state index contributed by atoms with van der Waals surface area (Å²) in [6, 6.07) is 4.33. The van der Waals surface area contributed by atoms with Crippen molar-refractivity contribution in [2.24, 2.45) is 0 Å². The van der Waals surface area contributed by atoms with E-state index in [4.69, 9.17) is 5.73 Å². The number of nitrogen functional groups attached to an aromatic ring is 1. The highest BCUT2D eigenvalue weighted by molar-refractivity contribution is 5.52. The summed E-state index contributed by atoms with van der Waals surface area (Å²) in [6.45, 7) is 9.92. The molecule has 3 nitrogen and oxygen atoms in total. The highest BCUT2D eigenvalue weighted by atomic mass is 15.2. The van der Waals surface area contributed by atoms with Gasteiger partial charge in [0.15, 0.2) is 0 Å². The second-order valence-corrected chi connectivity index (χ2v) is 5.22. The lowest BCUT2D eigenvalue weighted by molar-refractivity contribution is 0.148. The molecule has 1 saturated heterocycles. The number of aryl methyl sites for hydroxylation is 1. The van der Waals surface area contributed by atoms with E-state index >= 15 is 0 Å². The third kappa shape index (κ3) is 2.99. The summed E-state index contributed by atoms with van der Waals surface area (Å²) in [5, 5.41) is 0. The molecule has 2 rings (SSSR count). The Kier molecular flexibility index (Phi) is 3.69. The molecule has 0 bridgehead atoms. The first-order valence-electron chi connectivity index (χ1n) is 6.33. The van der Waals surface area contributed by atoms with E-state index in [1.165, 1.54) is 29.8 Å². The molecular formula is C14H23N3. The molecule has 1 fully saturated rings. The summed E-state index contributed by atoms with van der Waals surface area (Å²) in [7, 11) is 2.19. The quantitative estimate of drug-likeness (QED) is 0.788. The van der Waals surface area contributed by atoms with Crippen LogP contribution in [0.4, 0.5) is 5.69 Å². The molecule has 0 radical (unpaired) electrons. The lowest BCUT2D eigenvalue weighted by Crippen LogP contribution is -2.44. The van der Waals surface area contributed by atoms with Crippen LogP contribution < -0.4 is 5.73 Å². The van der Waals surface area contributed by atoms with E-state index in [1.807, 2.05) is 0 Å². The molecule has 1 aromatic rings. The minimum Gasteiger partial charge on any atom is -0.398 e. The van der Waals surface area contributed by atoms with E-state index in [1.54, 1.807) is 0 Å². The minimum absolute atomic E-state index is 0.925. The zero-order valence-corrected chi connectivity index (χ0v) is 11.2. The van der Waals surface area contributed by atoms with Gasteiger partial charge >= 0.3 is 0 Å². The number of likely N-dealkylation sites (N-methyl/N-ethyl adjacent to an activating group) is 1. The molecule has 17 heavy (non-hydrogen) atoms. The van der Waals surface area contributed by atoms with Crippen molar-refractivity contribution in [3.63, 3.8) is 0 Å². The Bertz CT molecular complexity index is 393. The first-order chi connectivity index (χ1) is 8.06. The van der Waals surface area contributed by atoms with Gasteiger partial charge in [-0.2, -0.15) is 0 Å². The van der Waals surface area contributed by atoms with Crippen LogP contribution in [0, 0.1) is 13.8 Å². The molecule has 94 valence electrons. The average Bonchev–Trinajstić information content (AvgIpc) is 2.28. The number of piperazine rings is 1. The molecule has 0 spiro atoms. The average molecular weight is 233 g/mol. The number of rotatable bonds is 2. The van der Waals surface area contributed by atoms with Crippen LogP contribution in [0.3, 0.4) is 0 Å². The molecule has 0 saturated carbocycles. The third-order valence-corrected chi connectivity index (χ3v) is 3.69. The van der Waals surface area contributed by atoms with Crippen molar-refractivity contribution in [1.29, 1.82) is 0 Å². The molecule has 1 aliphatic rings. The summed E-state index contributed by atoms with van der Waals surface area (Å²) in [6.07, 6.45) is 0. The van der Waals surface area contributed by atoms with Crippen molar-refractivity contribution in [3.8, 4) is 0 Å². The van der Waals surface area contributed by atoms with Crippen LogP contribution in [0.15, 0.2) is 12.1 Å². The van der Waals surface area contributed by atoms with Crippen LogP contribution in [0.25, 0.3) is 0 Å². The Balaban J connectivity index is 2.08. The maximum atomic E-state index is 6.02. The molecule has 3 heteroatoms. The Morgan fingerprint density at radius 2 is 1.76 bits per heavy atom. The molecular weight excluding hydrogens is 210 g/mol. The molecule has 0 aromatic heterocycles. The Hall–Kier alpha value is -1.06. The number of anilines is 1. The van der Waals surface area contributed by atoms with Crippen molar-refractivity contribution in [3.05, 3.63) is 28.8 Å². The molecule has 0 aliphatic carbocycles. The number of nitrogens with zero attached hydrogens (tertiary/aromatic N) is 2. The molecule has 0 amide bonds. The summed E-state index contributed by atoms with van der Waals surface area (Å²) < 4.78 is 0. The number of hydrogen-bond donors (Lipinski definition) is 1. The monoisotopic (exact) mass is 233 g/mol. The Labute approximate surface area is 104 Å². The van der Waals surface area contributed by atoms with Crippen molar-refractivity contribution < 1.29 is 0 Å². The molecule has 0 atom stereocenters. The zero-order chi connectivity index (χ0) is 12.4. The molecule has 1 heterocycles. The number of benzene rings is 1. The fourth-order valence-corrected chi connectivity index (χ4v) is 2.37. The minimum atomic E-state index is 0.925. The Morgan fingerprint density at radius 3 is 2.41 bits per heavy atom. The lowest BCUT2D eigenvalue weighted by Gasteiger charge is -2.32. The molecule has 1 aromatic carbocycles. The second-order valence-electron chi connectivity index (χ2n) is 5.22. The smallest absolute Gasteiger partial charge is 0.0349 e. The first-order valence-corrected chi connectivity index (χ1v) is 6.33. The fraction of sp³-hybridized carbons (Fsp3) is 0.571. The maximum absolute atomic E-state index is 6.02. The van der Waals surface area contributed by atoms with Crippen LogP contribution >= 0.6 is 0 Å². The summed E-state index contributed by atoms with van der Waals surface area (Å²) in [4.78, 5) is 4.90. The summed E-state index contributed by atoms with van der Waals surface area (Å²) >= 11 is 0. The predicted octanol–water partition coefficient (Wildman–Crippen LogP) is 1.63.